The molecule has 3 nitrogen and oxygen atoms in total. The van der Waals surface area contributed by atoms with Crippen molar-refractivity contribution in [3.8, 4) is 0 Å². The third-order valence-corrected chi connectivity index (χ3v) is 0.767. The fourth-order valence-corrected chi connectivity index (χ4v) is 0.379. The number of carboxylic acid groups (broad SMARTS) is 1. The monoisotopic (exact) mass is 184 g/mol. The molecule has 13 heavy (non-hydrogen) atoms. The van der Waals surface area contributed by atoms with Crippen LogP contribution in [-0.4, -0.2) is 22.8 Å². The Morgan fingerprint density at radius 1 is 1.23 bits per heavy atom. The van der Waals surface area contributed by atoms with E-state index < -0.39 is 5.97 Å². The summed E-state index contributed by atoms with van der Waals surface area (Å²) in [4.78, 5) is 9.00. The van der Waals surface area contributed by atoms with Crippen LogP contribution in [0.25, 0.3) is 0 Å². The first-order valence-electron chi connectivity index (χ1n) is 3.90. The van der Waals surface area contributed by atoms with Crippen LogP contribution in [0.3, 0.4) is 0 Å². The molecule has 0 aromatic heterocycles. The van der Waals surface area contributed by atoms with Gasteiger partial charge in [-0.1, -0.05) is 36.5 Å². The molecule has 0 radical (unpaired) electrons. The van der Waals surface area contributed by atoms with Gasteiger partial charge in [-0.3, -0.25) is 4.79 Å². The molecule has 0 bridgehead atoms. The van der Waals surface area contributed by atoms with Gasteiger partial charge in [-0.15, -0.1) is 0 Å². The zero-order valence-corrected chi connectivity index (χ0v) is 7.97. The summed E-state index contributed by atoms with van der Waals surface area (Å²) in [7, 11) is 0. The minimum atomic E-state index is -0.833. The third kappa shape index (κ3) is 36.9. The second-order valence-corrected chi connectivity index (χ2v) is 2.04. The number of rotatable bonds is 3. The predicted octanol–water partition coefficient (Wildman–Crippen LogP) is 1.76. The van der Waals surface area contributed by atoms with Crippen LogP contribution in [0, 0.1) is 0 Å². The number of hydrogen-bond donors (Lipinski definition) is 2. The number of aliphatic hydroxyl groups excluding tert-OH is 1. The van der Waals surface area contributed by atoms with Gasteiger partial charge >= 0.3 is 0 Å². The van der Waals surface area contributed by atoms with E-state index in [4.69, 9.17) is 15.0 Å². The molecule has 0 amide bonds. The zero-order chi connectivity index (χ0) is 10.5. The Labute approximate surface area is 78.7 Å². The van der Waals surface area contributed by atoms with Crippen molar-refractivity contribution in [2.45, 2.75) is 13.8 Å². The highest BCUT2D eigenvalue weighted by atomic mass is 16.4. The average molecular weight is 184 g/mol. The fourth-order valence-electron chi connectivity index (χ4n) is 0.379. The molecule has 0 aromatic rings. The lowest BCUT2D eigenvalue weighted by Crippen LogP contribution is -1.78. The van der Waals surface area contributed by atoms with E-state index in [-0.39, 0.29) is 6.61 Å². The average Bonchev–Trinajstić information content (AvgIpc) is 2.03. The van der Waals surface area contributed by atoms with Gasteiger partial charge in [0.15, 0.2) is 0 Å². The highest BCUT2D eigenvalue weighted by Crippen LogP contribution is 1.78. The smallest absolute Gasteiger partial charge is 0.300 e. The van der Waals surface area contributed by atoms with Crippen molar-refractivity contribution in [3.63, 3.8) is 0 Å². The third-order valence-electron chi connectivity index (χ3n) is 0.767. The second-order valence-electron chi connectivity index (χ2n) is 2.04. The van der Waals surface area contributed by atoms with Crippen molar-refractivity contribution in [3.05, 3.63) is 36.5 Å². The van der Waals surface area contributed by atoms with E-state index in [9.17, 15) is 0 Å². The molecule has 0 heterocycles. The van der Waals surface area contributed by atoms with Gasteiger partial charge in [-0.2, -0.15) is 0 Å². The summed E-state index contributed by atoms with van der Waals surface area (Å²) in [6, 6.07) is 0. The van der Waals surface area contributed by atoms with E-state index in [1.165, 1.54) is 0 Å². The number of allylic oxidation sites excluding steroid dienone is 5. The molecule has 0 unspecified atom stereocenters. The van der Waals surface area contributed by atoms with E-state index in [2.05, 4.69) is 0 Å². The minimum absolute atomic E-state index is 0.111. The van der Waals surface area contributed by atoms with Crippen molar-refractivity contribution in [1.29, 1.82) is 0 Å². The largest absolute Gasteiger partial charge is 0.481 e. The van der Waals surface area contributed by atoms with Crippen LogP contribution in [-0.2, 0) is 4.79 Å². The summed E-state index contributed by atoms with van der Waals surface area (Å²) in [6.45, 7) is 3.15. The lowest BCUT2D eigenvalue weighted by atomic mass is 10.4. The van der Waals surface area contributed by atoms with Gasteiger partial charge in [-0.25, -0.2) is 0 Å². The summed E-state index contributed by atoms with van der Waals surface area (Å²) < 4.78 is 0. The molecule has 0 saturated heterocycles. The van der Waals surface area contributed by atoms with Gasteiger partial charge in [0.05, 0.1) is 6.61 Å². The molecule has 74 valence electrons. The van der Waals surface area contributed by atoms with E-state index in [0.29, 0.717) is 0 Å². The van der Waals surface area contributed by atoms with E-state index in [1.54, 1.807) is 12.2 Å². The molecule has 0 spiro atoms. The number of aliphatic carboxylic acids is 1. The number of hydrogen-bond acceptors (Lipinski definition) is 2. The second kappa shape index (κ2) is 13.3. The normalized spacial score (nSPS) is 10.7. The molecule has 0 saturated carbocycles. The van der Waals surface area contributed by atoms with Gasteiger partial charge in [0, 0.05) is 6.92 Å². The number of aliphatic hydroxyl groups is 1. The molecule has 2 N–H and O–H groups in total. The maximum absolute atomic E-state index is 9.00. The van der Waals surface area contributed by atoms with Crippen molar-refractivity contribution >= 4 is 5.97 Å². The first kappa shape index (κ1) is 14.2. The van der Waals surface area contributed by atoms with Gasteiger partial charge in [0.1, 0.15) is 0 Å². The number of carbonyl (C=O) groups is 1. The fraction of sp³-hybridized carbons (Fsp3) is 0.300. The Kier molecular flexibility index (Phi) is 14.5. The van der Waals surface area contributed by atoms with Gasteiger partial charge in [0.25, 0.3) is 5.97 Å². The van der Waals surface area contributed by atoms with Gasteiger partial charge in [-0.05, 0) is 6.92 Å². The molecule has 0 aromatic carbocycles. The summed E-state index contributed by atoms with van der Waals surface area (Å²) in [5.74, 6) is -0.833. The van der Waals surface area contributed by atoms with Crippen molar-refractivity contribution in [1.82, 2.24) is 0 Å². The summed E-state index contributed by atoms with van der Waals surface area (Å²) >= 11 is 0. The predicted molar refractivity (Wildman–Crippen MR) is 53.5 cm³/mol. The van der Waals surface area contributed by atoms with E-state index in [0.717, 1.165) is 6.92 Å². The minimum Gasteiger partial charge on any atom is -0.481 e. The summed E-state index contributed by atoms with van der Waals surface area (Å²) in [5.41, 5.74) is 0. The molecule has 3 heteroatoms. The van der Waals surface area contributed by atoms with E-state index in [1.807, 2.05) is 31.2 Å². The van der Waals surface area contributed by atoms with Crippen LogP contribution in [0.15, 0.2) is 36.5 Å². The highest BCUT2D eigenvalue weighted by Gasteiger charge is 1.65. The number of carboxylic acids is 1. The lowest BCUT2D eigenvalue weighted by Gasteiger charge is -1.73. The first-order valence-corrected chi connectivity index (χ1v) is 3.90. The molecule has 0 rings (SSSR count). The Bertz CT molecular complexity index is 186. The van der Waals surface area contributed by atoms with Crippen LogP contribution in [0.2, 0.25) is 0 Å². The van der Waals surface area contributed by atoms with Crippen molar-refractivity contribution in [2.24, 2.45) is 0 Å². The Balaban J connectivity index is 0. The maximum atomic E-state index is 9.00. The summed E-state index contributed by atoms with van der Waals surface area (Å²) in [5, 5.41) is 15.7. The Morgan fingerprint density at radius 3 is 2.08 bits per heavy atom. The van der Waals surface area contributed by atoms with Gasteiger partial charge < -0.3 is 10.2 Å². The van der Waals surface area contributed by atoms with Crippen molar-refractivity contribution in [2.75, 3.05) is 6.61 Å². The Hall–Kier alpha value is -1.35. The lowest BCUT2D eigenvalue weighted by molar-refractivity contribution is -0.134. The van der Waals surface area contributed by atoms with E-state index >= 15 is 0 Å². The van der Waals surface area contributed by atoms with Crippen LogP contribution in [0.5, 0.6) is 0 Å². The zero-order valence-electron chi connectivity index (χ0n) is 7.97. The van der Waals surface area contributed by atoms with Crippen LogP contribution in [0.4, 0.5) is 0 Å². The standard InChI is InChI=1S/C8H12O.C2H4O2/c1-2-3-4-5-6-7-8-9;1-2(3)4/h2-7,9H,8H2,1H3;1H3,(H,3,4). The molecule has 0 aliphatic heterocycles. The summed E-state index contributed by atoms with van der Waals surface area (Å²) in [6.07, 6.45) is 11.1. The van der Waals surface area contributed by atoms with Gasteiger partial charge in [0.2, 0.25) is 0 Å². The highest BCUT2D eigenvalue weighted by molar-refractivity contribution is 5.62. The molecule has 0 atom stereocenters. The topological polar surface area (TPSA) is 57.5 Å². The molecular formula is C10H16O3. The Morgan fingerprint density at radius 2 is 1.69 bits per heavy atom. The SMILES string of the molecule is CC(=O)O.CC=CC=CC=CCO. The van der Waals surface area contributed by atoms with Crippen LogP contribution >= 0.6 is 0 Å². The van der Waals surface area contributed by atoms with Crippen LogP contribution < -0.4 is 0 Å². The maximum Gasteiger partial charge on any atom is 0.300 e. The molecular weight excluding hydrogens is 168 g/mol. The first-order chi connectivity index (χ1) is 6.15. The quantitative estimate of drug-likeness (QED) is 0.657. The molecule has 0 aliphatic rings. The molecule has 0 aliphatic carbocycles. The molecule has 0 fully saturated rings. The van der Waals surface area contributed by atoms with Crippen molar-refractivity contribution < 1.29 is 15.0 Å². The van der Waals surface area contributed by atoms with Crippen LogP contribution in [0.1, 0.15) is 13.8 Å².